The van der Waals surface area contributed by atoms with Crippen LogP contribution in [0.5, 0.6) is 0 Å². The second-order valence-corrected chi connectivity index (χ2v) is 4.23. The largest absolute Gasteiger partial charge is 0.356 e. The van der Waals surface area contributed by atoms with E-state index in [1.807, 2.05) is 25.8 Å². The molecule has 0 bridgehead atoms. The van der Waals surface area contributed by atoms with Gasteiger partial charge < -0.3 is 15.5 Å². The van der Waals surface area contributed by atoms with Gasteiger partial charge in [0.05, 0.1) is 0 Å². The number of nitrogens with zero attached hydrogens (tertiary/aromatic N) is 1. The van der Waals surface area contributed by atoms with E-state index in [1.165, 1.54) is 0 Å². The monoisotopic (exact) mass is 293 g/mol. The van der Waals surface area contributed by atoms with Crippen LogP contribution in [-0.4, -0.2) is 49.9 Å². The molecule has 114 valence electrons. The van der Waals surface area contributed by atoms with E-state index in [1.54, 1.807) is 0 Å². The van der Waals surface area contributed by atoms with Crippen molar-refractivity contribution in [3.8, 4) is 0 Å². The molecule has 0 radical (unpaired) electrons. The minimum atomic E-state index is 0. The number of amides is 2. The molecule has 0 rings (SSSR count). The van der Waals surface area contributed by atoms with Crippen LogP contribution >= 0.6 is 12.4 Å². The Kier molecular flexibility index (Phi) is 14.7. The van der Waals surface area contributed by atoms with Crippen molar-refractivity contribution >= 4 is 24.2 Å². The average Bonchev–Trinajstić information content (AvgIpc) is 2.36. The fourth-order valence-corrected chi connectivity index (χ4v) is 1.72. The molecule has 0 aromatic heterocycles. The molecule has 6 heteroatoms. The van der Waals surface area contributed by atoms with Crippen molar-refractivity contribution in [3.63, 3.8) is 0 Å². The van der Waals surface area contributed by atoms with Crippen LogP contribution in [0.3, 0.4) is 0 Å². The Balaban J connectivity index is 0. The van der Waals surface area contributed by atoms with Crippen LogP contribution in [0.2, 0.25) is 0 Å². The second kappa shape index (κ2) is 13.6. The summed E-state index contributed by atoms with van der Waals surface area (Å²) in [6.45, 7) is 6.91. The highest BCUT2D eigenvalue weighted by molar-refractivity contribution is 5.85. The maximum absolute atomic E-state index is 11.7. The number of carbonyl (C=O) groups is 2. The first-order valence-electron chi connectivity index (χ1n) is 6.84. The maximum Gasteiger partial charge on any atom is 0.222 e. The van der Waals surface area contributed by atoms with Gasteiger partial charge in [-0.1, -0.05) is 0 Å². The first-order chi connectivity index (χ1) is 8.65. The molecule has 0 saturated heterocycles. The van der Waals surface area contributed by atoms with Crippen LogP contribution in [0.25, 0.3) is 0 Å². The molecule has 0 saturated carbocycles. The minimum absolute atomic E-state index is 0. The lowest BCUT2D eigenvalue weighted by molar-refractivity contribution is -0.131. The Morgan fingerprint density at radius 1 is 1.00 bits per heavy atom. The quantitative estimate of drug-likeness (QED) is 0.595. The lowest BCUT2D eigenvalue weighted by Gasteiger charge is -2.18. The number of nitrogens with one attached hydrogen (secondary N) is 2. The third kappa shape index (κ3) is 10.8. The Labute approximate surface area is 122 Å². The summed E-state index contributed by atoms with van der Waals surface area (Å²) in [5.41, 5.74) is 0. The van der Waals surface area contributed by atoms with Crippen molar-refractivity contribution in [1.29, 1.82) is 0 Å². The van der Waals surface area contributed by atoms with Gasteiger partial charge in [0, 0.05) is 32.5 Å². The summed E-state index contributed by atoms with van der Waals surface area (Å²) in [6, 6.07) is 0. The normalized spacial score (nSPS) is 9.63. The van der Waals surface area contributed by atoms with Crippen LogP contribution in [-0.2, 0) is 9.59 Å². The van der Waals surface area contributed by atoms with E-state index in [4.69, 9.17) is 0 Å². The molecule has 0 aromatic carbocycles. The third-order valence-electron chi connectivity index (χ3n) is 2.84. The van der Waals surface area contributed by atoms with E-state index >= 15 is 0 Å². The molecule has 0 atom stereocenters. The van der Waals surface area contributed by atoms with Crippen LogP contribution in [0.4, 0.5) is 0 Å². The highest BCUT2D eigenvalue weighted by atomic mass is 35.5. The predicted octanol–water partition coefficient (Wildman–Crippen LogP) is 1.17. The zero-order valence-electron chi connectivity index (χ0n) is 12.3. The van der Waals surface area contributed by atoms with Gasteiger partial charge >= 0.3 is 0 Å². The molecular formula is C13H28ClN3O2. The zero-order chi connectivity index (χ0) is 13.8. The minimum Gasteiger partial charge on any atom is -0.356 e. The van der Waals surface area contributed by atoms with E-state index in [2.05, 4.69) is 10.6 Å². The summed E-state index contributed by atoms with van der Waals surface area (Å²) < 4.78 is 0. The van der Waals surface area contributed by atoms with E-state index < -0.39 is 0 Å². The molecule has 0 aliphatic heterocycles. The van der Waals surface area contributed by atoms with Crippen LogP contribution in [0.1, 0.15) is 39.5 Å². The summed E-state index contributed by atoms with van der Waals surface area (Å²) in [5.74, 6) is 0.241. The smallest absolute Gasteiger partial charge is 0.222 e. The molecule has 19 heavy (non-hydrogen) atoms. The summed E-state index contributed by atoms with van der Waals surface area (Å²) in [6.07, 6.45) is 2.62. The van der Waals surface area contributed by atoms with Gasteiger partial charge in [-0.15, -0.1) is 12.4 Å². The first-order valence-corrected chi connectivity index (χ1v) is 6.84. The van der Waals surface area contributed by atoms with Crippen molar-refractivity contribution in [2.24, 2.45) is 0 Å². The van der Waals surface area contributed by atoms with Crippen LogP contribution in [0, 0.1) is 0 Å². The Morgan fingerprint density at radius 3 is 2.11 bits per heavy atom. The van der Waals surface area contributed by atoms with Crippen molar-refractivity contribution in [1.82, 2.24) is 15.5 Å². The molecule has 5 nitrogen and oxygen atoms in total. The lowest BCUT2D eigenvalue weighted by Crippen LogP contribution is -2.31. The number of rotatable bonds is 10. The van der Waals surface area contributed by atoms with Gasteiger partial charge in [-0.3, -0.25) is 9.59 Å². The third-order valence-corrected chi connectivity index (χ3v) is 2.84. The van der Waals surface area contributed by atoms with Crippen molar-refractivity contribution in [2.45, 2.75) is 39.5 Å². The SMILES string of the molecule is CCN(CC)C(=O)CCCNC(=O)CCCNC.Cl. The van der Waals surface area contributed by atoms with E-state index in [9.17, 15) is 9.59 Å². The summed E-state index contributed by atoms with van der Waals surface area (Å²) >= 11 is 0. The highest BCUT2D eigenvalue weighted by Crippen LogP contribution is 1.97. The van der Waals surface area contributed by atoms with Crippen LogP contribution in [0.15, 0.2) is 0 Å². The molecule has 2 N–H and O–H groups in total. The van der Waals surface area contributed by atoms with Crippen molar-refractivity contribution in [3.05, 3.63) is 0 Å². The van der Waals surface area contributed by atoms with Gasteiger partial charge in [-0.2, -0.15) is 0 Å². The van der Waals surface area contributed by atoms with Gasteiger partial charge in [0.1, 0.15) is 0 Å². The van der Waals surface area contributed by atoms with Gasteiger partial charge in [0.2, 0.25) is 11.8 Å². The van der Waals surface area contributed by atoms with Gasteiger partial charge in [0.15, 0.2) is 0 Å². The van der Waals surface area contributed by atoms with Gasteiger partial charge in [-0.25, -0.2) is 0 Å². The maximum atomic E-state index is 11.7. The molecule has 2 amide bonds. The van der Waals surface area contributed by atoms with Crippen molar-refractivity contribution < 1.29 is 9.59 Å². The standard InChI is InChI=1S/C13H27N3O2.ClH/c1-4-16(5-2)13(18)9-7-11-15-12(17)8-6-10-14-3;/h14H,4-11H2,1-3H3,(H,15,17);1H. The Morgan fingerprint density at radius 2 is 1.58 bits per heavy atom. The second-order valence-electron chi connectivity index (χ2n) is 4.23. The number of hydrogen-bond donors (Lipinski definition) is 2. The molecule has 0 aromatic rings. The van der Waals surface area contributed by atoms with Crippen molar-refractivity contribution in [2.75, 3.05) is 33.2 Å². The highest BCUT2D eigenvalue weighted by Gasteiger charge is 2.08. The molecule has 0 aliphatic carbocycles. The van der Waals surface area contributed by atoms with Gasteiger partial charge in [-0.05, 0) is 40.3 Å². The molecule has 0 aliphatic rings. The number of carbonyl (C=O) groups excluding carboxylic acids is 2. The molecule has 0 unspecified atom stereocenters. The summed E-state index contributed by atoms with van der Waals surface area (Å²) in [4.78, 5) is 24.9. The molecular weight excluding hydrogens is 266 g/mol. The van der Waals surface area contributed by atoms with E-state index in [0.717, 1.165) is 26.1 Å². The fraction of sp³-hybridized carbons (Fsp3) is 0.846. The lowest BCUT2D eigenvalue weighted by atomic mass is 10.2. The zero-order valence-corrected chi connectivity index (χ0v) is 13.1. The molecule has 0 heterocycles. The van der Waals surface area contributed by atoms with Crippen LogP contribution < -0.4 is 10.6 Å². The molecule has 0 spiro atoms. The van der Waals surface area contributed by atoms with Gasteiger partial charge in [0.25, 0.3) is 0 Å². The molecule has 0 fully saturated rings. The first kappa shape index (κ1) is 20.5. The topological polar surface area (TPSA) is 61.4 Å². The summed E-state index contributed by atoms with van der Waals surface area (Å²) in [7, 11) is 1.87. The number of halogens is 1. The Bertz CT molecular complexity index is 246. The Hall–Kier alpha value is -0.810. The number of hydrogen-bond acceptors (Lipinski definition) is 3. The predicted molar refractivity (Wildman–Crippen MR) is 80.6 cm³/mol. The van der Waals surface area contributed by atoms with E-state index in [0.29, 0.717) is 25.8 Å². The fourth-order valence-electron chi connectivity index (χ4n) is 1.72. The average molecular weight is 294 g/mol. The van der Waals surface area contributed by atoms with E-state index in [-0.39, 0.29) is 24.2 Å². The summed E-state index contributed by atoms with van der Waals surface area (Å²) in [5, 5.41) is 5.83.